The monoisotopic (exact) mass is 533 g/mol. The van der Waals surface area contributed by atoms with E-state index in [1.165, 1.54) is 18.2 Å². The minimum atomic E-state index is -4.53. The number of halogens is 4. The summed E-state index contributed by atoms with van der Waals surface area (Å²) < 4.78 is 84.2. The van der Waals surface area contributed by atoms with E-state index >= 15 is 0 Å². The lowest BCUT2D eigenvalue weighted by Crippen LogP contribution is -2.57. The molecule has 1 atom stereocenters. The van der Waals surface area contributed by atoms with Gasteiger partial charge in [0, 0.05) is 36.3 Å². The Morgan fingerprint density at radius 1 is 1.08 bits per heavy atom. The van der Waals surface area contributed by atoms with Gasteiger partial charge in [-0.1, -0.05) is 24.3 Å². The first-order chi connectivity index (χ1) is 17.5. The Balaban J connectivity index is 1.25. The zero-order valence-electron chi connectivity index (χ0n) is 19.0. The van der Waals surface area contributed by atoms with E-state index in [4.69, 9.17) is 4.42 Å². The molecule has 1 saturated heterocycles. The number of carbonyl (C=O) groups excluding carboxylic acids is 1. The summed E-state index contributed by atoms with van der Waals surface area (Å²) in [6.07, 6.45) is -3.09. The molecule has 0 bridgehead atoms. The lowest BCUT2D eigenvalue weighted by molar-refractivity contribution is -0.141. The first-order valence-corrected chi connectivity index (χ1v) is 12.6. The minimum absolute atomic E-state index is 0.0784. The lowest BCUT2D eigenvalue weighted by Gasteiger charge is -2.37. The van der Waals surface area contributed by atoms with Crippen molar-refractivity contribution >= 4 is 26.9 Å². The van der Waals surface area contributed by atoms with Gasteiger partial charge in [0.15, 0.2) is 0 Å². The summed E-state index contributed by atoms with van der Waals surface area (Å²) in [5, 5.41) is 2.63. The fourth-order valence-electron chi connectivity index (χ4n) is 4.05. The molecular formula is C25H19F4N3O4S. The average Bonchev–Trinajstić information content (AvgIpc) is 3.26. The third kappa shape index (κ3) is 4.94. The summed E-state index contributed by atoms with van der Waals surface area (Å²) >= 11 is 0. The van der Waals surface area contributed by atoms with Crippen LogP contribution in [0.15, 0.2) is 76.4 Å². The smallest absolute Gasteiger partial charge is 0.433 e. The molecular weight excluding hydrogens is 514 g/mol. The Morgan fingerprint density at radius 2 is 1.89 bits per heavy atom. The van der Waals surface area contributed by atoms with Gasteiger partial charge < -0.3 is 9.73 Å². The van der Waals surface area contributed by atoms with Gasteiger partial charge in [0.05, 0.1) is 0 Å². The Hall–Kier alpha value is -3.77. The van der Waals surface area contributed by atoms with Crippen LogP contribution in [0.3, 0.4) is 0 Å². The van der Waals surface area contributed by atoms with Crippen LogP contribution in [0, 0.1) is 5.82 Å². The van der Waals surface area contributed by atoms with Gasteiger partial charge in [-0.15, -0.1) is 0 Å². The van der Waals surface area contributed by atoms with E-state index in [9.17, 15) is 30.8 Å². The highest BCUT2D eigenvalue weighted by molar-refractivity contribution is 7.89. The van der Waals surface area contributed by atoms with Gasteiger partial charge in [0.2, 0.25) is 11.0 Å². The van der Waals surface area contributed by atoms with Gasteiger partial charge in [-0.25, -0.2) is 12.8 Å². The maximum Gasteiger partial charge on any atom is 0.433 e. The number of benzene rings is 2. The van der Waals surface area contributed by atoms with Crippen molar-refractivity contribution in [2.45, 2.75) is 30.3 Å². The van der Waals surface area contributed by atoms with Gasteiger partial charge >= 0.3 is 6.18 Å². The number of rotatable bonds is 6. The minimum Gasteiger partial charge on any atom is -0.443 e. The molecule has 1 aliphatic heterocycles. The van der Waals surface area contributed by atoms with Crippen molar-refractivity contribution in [3.8, 4) is 11.1 Å². The molecule has 2 aromatic heterocycles. The van der Waals surface area contributed by atoms with E-state index in [0.717, 1.165) is 28.7 Å². The number of hydrogen-bond acceptors (Lipinski definition) is 5. The molecule has 0 spiro atoms. The van der Waals surface area contributed by atoms with Crippen LogP contribution in [0.1, 0.15) is 17.7 Å². The second kappa shape index (κ2) is 9.27. The topological polar surface area (TPSA) is 92.5 Å². The molecule has 192 valence electrons. The molecule has 4 aromatic rings. The first-order valence-electron chi connectivity index (χ1n) is 11.1. The molecule has 5 rings (SSSR count). The van der Waals surface area contributed by atoms with Gasteiger partial charge in [-0.05, 0) is 47.9 Å². The van der Waals surface area contributed by atoms with Crippen molar-refractivity contribution in [1.82, 2.24) is 14.6 Å². The highest BCUT2D eigenvalue weighted by Gasteiger charge is 2.44. The SMILES string of the molecule is O=C(NCc1cccc(-c2ccc(C(F)(F)F)nc2)c1)C1CCN1S(=O)(=O)c1cc2cc(F)ccc2o1. The van der Waals surface area contributed by atoms with Crippen molar-refractivity contribution < 1.29 is 35.2 Å². The molecule has 1 fully saturated rings. The number of pyridine rings is 1. The third-order valence-electron chi connectivity index (χ3n) is 6.07. The number of alkyl halides is 3. The van der Waals surface area contributed by atoms with E-state index in [1.807, 2.05) is 0 Å². The number of nitrogens with zero attached hydrogens (tertiary/aromatic N) is 2. The van der Waals surface area contributed by atoms with Crippen LogP contribution in [-0.2, 0) is 27.5 Å². The van der Waals surface area contributed by atoms with E-state index in [-0.39, 0.29) is 23.8 Å². The molecule has 0 saturated carbocycles. The normalized spacial score (nSPS) is 16.5. The highest BCUT2D eigenvalue weighted by Crippen LogP contribution is 2.32. The van der Waals surface area contributed by atoms with Crippen LogP contribution in [0.4, 0.5) is 17.6 Å². The predicted octanol–water partition coefficient (Wildman–Crippen LogP) is 4.73. The van der Waals surface area contributed by atoms with Gasteiger partial charge in [-0.3, -0.25) is 9.78 Å². The summed E-state index contributed by atoms with van der Waals surface area (Å²) in [5.41, 5.74) is 0.975. The van der Waals surface area contributed by atoms with Crippen LogP contribution in [0.25, 0.3) is 22.1 Å². The Labute approximate surface area is 208 Å². The Bertz CT molecular complexity index is 1580. The van der Waals surface area contributed by atoms with E-state index < -0.39 is 39.7 Å². The van der Waals surface area contributed by atoms with Crippen LogP contribution in [0.5, 0.6) is 0 Å². The number of nitrogens with one attached hydrogen (secondary N) is 1. The molecule has 2 aromatic carbocycles. The molecule has 1 amide bonds. The molecule has 0 radical (unpaired) electrons. The molecule has 0 aliphatic carbocycles. The maximum atomic E-state index is 13.5. The summed E-state index contributed by atoms with van der Waals surface area (Å²) in [4.78, 5) is 16.2. The van der Waals surface area contributed by atoms with E-state index in [2.05, 4.69) is 10.3 Å². The number of furan rings is 1. The predicted molar refractivity (Wildman–Crippen MR) is 125 cm³/mol. The van der Waals surface area contributed by atoms with Crippen molar-refractivity contribution in [3.05, 3.63) is 83.9 Å². The van der Waals surface area contributed by atoms with E-state index in [0.29, 0.717) is 28.5 Å². The van der Waals surface area contributed by atoms with Gasteiger partial charge in [-0.2, -0.15) is 17.5 Å². The van der Waals surface area contributed by atoms with Gasteiger partial charge in [0.1, 0.15) is 23.1 Å². The second-order valence-electron chi connectivity index (χ2n) is 8.52. The Morgan fingerprint density at radius 3 is 2.57 bits per heavy atom. The zero-order valence-corrected chi connectivity index (χ0v) is 19.8. The number of carbonyl (C=O) groups is 1. The molecule has 1 aliphatic rings. The highest BCUT2D eigenvalue weighted by atomic mass is 32.2. The third-order valence-corrected chi connectivity index (χ3v) is 7.84. The quantitative estimate of drug-likeness (QED) is 0.362. The van der Waals surface area contributed by atoms with Crippen LogP contribution < -0.4 is 5.32 Å². The van der Waals surface area contributed by atoms with Crippen molar-refractivity contribution in [2.75, 3.05) is 6.54 Å². The molecule has 3 heterocycles. The van der Waals surface area contributed by atoms with Crippen molar-refractivity contribution in [1.29, 1.82) is 0 Å². The zero-order chi connectivity index (χ0) is 26.4. The molecule has 7 nitrogen and oxygen atoms in total. The number of fused-ring (bicyclic) bond motifs is 1. The molecule has 1 N–H and O–H groups in total. The standard InChI is InChI=1S/C25H19F4N3O4S/c26-19-5-6-21-18(11-19)12-23(36-21)37(34,35)32-9-8-20(32)24(33)31-13-15-2-1-3-16(10-15)17-4-7-22(30-14-17)25(27,28)29/h1-7,10-12,14,20H,8-9,13H2,(H,31,33). The number of hydrogen-bond donors (Lipinski definition) is 1. The summed E-state index contributed by atoms with van der Waals surface area (Å²) in [6, 6.07) is 13.0. The lowest BCUT2D eigenvalue weighted by atomic mass is 10.0. The summed E-state index contributed by atoms with van der Waals surface area (Å²) in [7, 11) is -4.11. The number of amides is 1. The van der Waals surface area contributed by atoms with Crippen LogP contribution >= 0.6 is 0 Å². The van der Waals surface area contributed by atoms with Crippen molar-refractivity contribution in [3.63, 3.8) is 0 Å². The van der Waals surface area contributed by atoms with Crippen LogP contribution in [-0.4, -0.2) is 36.2 Å². The Kier molecular flexibility index (Phi) is 6.24. The number of aromatic nitrogens is 1. The largest absolute Gasteiger partial charge is 0.443 e. The second-order valence-corrected chi connectivity index (χ2v) is 10.3. The summed E-state index contributed by atoms with van der Waals surface area (Å²) in [6.45, 7) is 0.206. The first kappa shape index (κ1) is 24.9. The average molecular weight is 534 g/mol. The molecule has 12 heteroatoms. The van der Waals surface area contributed by atoms with Gasteiger partial charge in [0.25, 0.3) is 10.0 Å². The van der Waals surface area contributed by atoms with Crippen molar-refractivity contribution in [2.24, 2.45) is 0 Å². The summed E-state index contributed by atoms with van der Waals surface area (Å²) in [5.74, 6) is -1.03. The van der Waals surface area contributed by atoms with E-state index in [1.54, 1.807) is 24.3 Å². The molecule has 37 heavy (non-hydrogen) atoms. The fraction of sp³-hybridized carbons (Fsp3) is 0.200. The maximum absolute atomic E-state index is 13.5. The fourth-order valence-corrected chi connectivity index (χ4v) is 5.63. The molecule has 1 unspecified atom stereocenters. The van der Waals surface area contributed by atoms with Crippen LogP contribution in [0.2, 0.25) is 0 Å². The number of sulfonamides is 1.